The Hall–Kier alpha value is -1.45. The van der Waals surface area contributed by atoms with Gasteiger partial charge in [0.25, 0.3) is 0 Å². The van der Waals surface area contributed by atoms with Gasteiger partial charge >= 0.3 is 0 Å². The lowest BCUT2D eigenvalue weighted by Gasteiger charge is -2.11. The molecule has 3 aromatic rings. The number of hydrogen-bond donors (Lipinski definition) is 0. The zero-order chi connectivity index (χ0) is 14.1. The molecular formula is C16H16ClNOS. The summed E-state index contributed by atoms with van der Waals surface area (Å²) in [5.74, 6) is 0.945. The average molecular weight is 306 g/mol. The Balaban J connectivity index is 1.97. The van der Waals surface area contributed by atoms with Gasteiger partial charge in [-0.15, -0.1) is 11.3 Å². The van der Waals surface area contributed by atoms with Gasteiger partial charge in [0, 0.05) is 16.5 Å². The van der Waals surface area contributed by atoms with Crippen molar-refractivity contribution in [1.29, 1.82) is 0 Å². The lowest BCUT2D eigenvalue weighted by molar-refractivity contribution is 0.245. The van der Waals surface area contributed by atoms with Gasteiger partial charge in [0.2, 0.25) is 0 Å². The van der Waals surface area contributed by atoms with E-state index in [1.165, 1.54) is 10.4 Å². The van der Waals surface area contributed by atoms with Gasteiger partial charge in [0.15, 0.2) is 0 Å². The maximum atomic E-state index is 5.99. The Kier molecular flexibility index (Phi) is 3.72. The Bertz CT molecular complexity index is 729. The largest absolute Gasteiger partial charge is 0.490 e. The number of halogens is 1. The Morgan fingerprint density at radius 2 is 2.05 bits per heavy atom. The Labute approximate surface area is 127 Å². The zero-order valence-corrected chi connectivity index (χ0v) is 13.0. The quantitative estimate of drug-likeness (QED) is 0.647. The lowest BCUT2D eigenvalue weighted by Crippen LogP contribution is -2.05. The van der Waals surface area contributed by atoms with Gasteiger partial charge in [-0.1, -0.05) is 17.7 Å². The highest BCUT2D eigenvalue weighted by molar-refractivity contribution is 7.16. The van der Waals surface area contributed by atoms with Crippen LogP contribution < -0.4 is 4.74 Å². The average Bonchev–Trinajstić information content (AvgIpc) is 2.97. The van der Waals surface area contributed by atoms with Crippen LogP contribution in [0.25, 0.3) is 10.9 Å². The number of nitrogens with zero attached hydrogens (tertiary/aromatic N) is 1. The summed E-state index contributed by atoms with van der Waals surface area (Å²) in [6.07, 6.45) is 2.28. The number of thiophene rings is 1. The van der Waals surface area contributed by atoms with Crippen molar-refractivity contribution in [2.75, 3.05) is 0 Å². The Morgan fingerprint density at radius 1 is 1.20 bits per heavy atom. The van der Waals surface area contributed by atoms with Gasteiger partial charge in [-0.3, -0.25) is 0 Å². The van der Waals surface area contributed by atoms with E-state index < -0.39 is 0 Å². The molecule has 2 nitrogen and oxygen atoms in total. The summed E-state index contributed by atoms with van der Waals surface area (Å²) in [6.45, 7) is 4.93. The van der Waals surface area contributed by atoms with Crippen LogP contribution >= 0.6 is 22.9 Å². The molecule has 0 aliphatic heterocycles. The van der Waals surface area contributed by atoms with Crippen molar-refractivity contribution in [3.05, 3.63) is 51.8 Å². The molecule has 104 valence electrons. The predicted octanol–water partition coefficient (Wildman–Crippen LogP) is 5.19. The summed E-state index contributed by atoms with van der Waals surface area (Å²) in [4.78, 5) is 1.25. The topological polar surface area (TPSA) is 14.2 Å². The van der Waals surface area contributed by atoms with Crippen molar-refractivity contribution < 1.29 is 4.74 Å². The van der Waals surface area contributed by atoms with Crippen LogP contribution in [0.1, 0.15) is 18.7 Å². The lowest BCUT2D eigenvalue weighted by atomic mass is 10.2. The first-order chi connectivity index (χ1) is 9.63. The fourth-order valence-corrected chi connectivity index (χ4v) is 3.38. The van der Waals surface area contributed by atoms with E-state index in [4.69, 9.17) is 16.3 Å². The first kappa shape index (κ1) is 13.5. The zero-order valence-electron chi connectivity index (χ0n) is 11.5. The van der Waals surface area contributed by atoms with Crippen molar-refractivity contribution >= 4 is 33.8 Å². The number of fused-ring (bicyclic) bond motifs is 1. The van der Waals surface area contributed by atoms with E-state index >= 15 is 0 Å². The highest BCUT2D eigenvalue weighted by Crippen LogP contribution is 2.29. The number of aromatic nitrogens is 1. The standard InChI is InChI=1S/C16H16ClNOS/c1-11(2)19-15-5-3-4-14-13(15)8-9-18(14)10-12-6-7-16(17)20-12/h3-9,11H,10H2,1-2H3. The first-order valence-corrected chi connectivity index (χ1v) is 7.81. The fourth-order valence-electron chi connectivity index (χ4n) is 2.29. The van der Waals surface area contributed by atoms with Crippen LogP contribution in [0.15, 0.2) is 42.6 Å². The van der Waals surface area contributed by atoms with Crippen LogP contribution in [0.5, 0.6) is 5.75 Å². The minimum absolute atomic E-state index is 0.181. The molecule has 0 spiro atoms. The van der Waals surface area contributed by atoms with Crippen molar-refractivity contribution in [2.24, 2.45) is 0 Å². The molecule has 2 heterocycles. The molecular weight excluding hydrogens is 290 g/mol. The van der Waals surface area contributed by atoms with Crippen LogP contribution in [0.3, 0.4) is 0 Å². The summed E-state index contributed by atoms with van der Waals surface area (Å²) in [5, 5.41) is 1.16. The molecule has 0 saturated carbocycles. The van der Waals surface area contributed by atoms with Crippen LogP contribution in [0.2, 0.25) is 4.34 Å². The molecule has 0 fully saturated rings. The second-order valence-corrected chi connectivity index (χ2v) is 6.80. The smallest absolute Gasteiger partial charge is 0.129 e. The molecule has 0 amide bonds. The van der Waals surface area contributed by atoms with Crippen LogP contribution in [-0.4, -0.2) is 10.7 Å². The molecule has 0 bridgehead atoms. The molecule has 0 aliphatic carbocycles. The number of ether oxygens (including phenoxy) is 1. The second kappa shape index (κ2) is 5.51. The third kappa shape index (κ3) is 2.69. The number of hydrogen-bond acceptors (Lipinski definition) is 2. The molecule has 0 atom stereocenters. The third-order valence-electron chi connectivity index (χ3n) is 3.09. The maximum Gasteiger partial charge on any atom is 0.129 e. The summed E-state index contributed by atoms with van der Waals surface area (Å²) >= 11 is 7.61. The normalized spacial score (nSPS) is 11.4. The summed E-state index contributed by atoms with van der Waals surface area (Å²) in [6, 6.07) is 12.3. The molecule has 0 aliphatic rings. The van der Waals surface area contributed by atoms with E-state index in [1.807, 2.05) is 32.0 Å². The van der Waals surface area contributed by atoms with Gasteiger partial charge in [-0.25, -0.2) is 0 Å². The minimum Gasteiger partial charge on any atom is -0.490 e. The number of benzene rings is 1. The van der Waals surface area contributed by atoms with E-state index in [2.05, 4.69) is 29.0 Å². The SMILES string of the molecule is CC(C)Oc1cccc2c1ccn2Cc1ccc(Cl)s1. The van der Waals surface area contributed by atoms with Crippen LogP contribution in [0.4, 0.5) is 0 Å². The highest BCUT2D eigenvalue weighted by atomic mass is 35.5. The van der Waals surface area contributed by atoms with Crippen molar-refractivity contribution in [1.82, 2.24) is 4.57 Å². The molecule has 0 unspecified atom stereocenters. The van der Waals surface area contributed by atoms with E-state index in [0.29, 0.717) is 0 Å². The van der Waals surface area contributed by atoms with Crippen molar-refractivity contribution in [3.8, 4) is 5.75 Å². The molecule has 4 heteroatoms. The summed E-state index contributed by atoms with van der Waals surface area (Å²) in [7, 11) is 0. The summed E-state index contributed by atoms with van der Waals surface area (Å²) < 4.78 is 8.92. The van der Waals surface area contributed by atoms with E-state index in [-0.39, 0.29) is 6.10 Å². The second-order valence-electron chi connectivity index (χ2n) is 5.01. The van der Waals surface area contributed by atoms with E-state index in [0.717, 1.165) is 22.0 Å². The molecule has 0 saturated heterocycles. The van der Waals surface area contributed by atoms with Gasteiger partial charge in [-0.05, 0) is 44.2 Å². The molecule has 0 N–H and O–H groups in total. The first-order valence-electron chi connectivity index (χ1n) is 6.62. The highest BCUT2D eigenvalue weighted by Gasteiger charge is 2.08. The Morgan fingerprint density at radius 3 is 2.75 bits per heavy atom. The predicted molar refractivity (Wildman–Crippen MR) is 86.1 cm³/mol. The molecule has 1 aromatic carbocycles. The van der Waals surface area contributed by atoms with Crippen LogP contribution in [0, 0.1) is 0 Å². The summed E-state index contributed by atoms with van der Waals surface area (Å²) in [5.41, 5.74) is 1.19. The fraction of sp³-hybridized carbons (Fsp3) is 0.250. The van der Waals surface area contributed by atoms with Crippen molar-refractivity contribution in [3.63, 3.8) is 0 Å². The van der Waals surface area contributed by atoms with Gasteiger partial charge in [0.1, 0.15) is 5.75 Å². The molecule has 0 radical (unpaired) electrons. The monoisotopic (exact) mass is 305 g/mol. The van der Waals surface area contributed by atoms with E-state index in [9.17, 15) is 0 Å². The van der Waals surface area contributed by atoms with E-state index in [1.54, 1.807) is 11.3 Å². The molecule has 20 heavy (non-hydrogen) atoms. The minimum atomic E-state index is 0.181. The molecule has 2 aromatic heterocycles. The number of rotatable bonds is 4. The van der Waals surface area contributed by atoms with Crippen LogP contribution in [-0.2, 0) is 6.54 Å². The third-order valence-corrected chi connectivity index (χ3v) is 4.31. The maximum absolute atomic E-state index is 5.99. The van der Waals surface area contributed by atoms with Crippen molar-refractivity contribution in [2.45, 2.75) is 26.5 Å². The molecule has 3 rings (SSSR count). The van der Waals surface area contributed by atoms with Gasteiger partial charge < -0.3 is 9.30 Å². The van der Waals surface area contributed by atoms with Gasteiger partial charge in [0.05, 0.1) is 22.5 Å². The van der Waals surface area contributed by atoms with Gasteiger partial charge in [-0.2, -0.15) is 0 Å².